The van der Waals surface area contributed by atoms with Gasteiger partial charge in [0.15, 0.2) is 5.72 Å². The number of rotatable bonds is 1. The zero-order valence-corrected chi connectivity index (χ0v) is 19.1. The molecule has 2 unspecified atom stereocenters. The maximum atomic E-state index is 11.1. The lowest BCUT2D eigenvalue weighted by atomic mass is 9.93. The predicted molar refractivity (Wildman–Crippen MR) is 131 cm³/mol. The number of nitrogens with two attached hydrogens (primary N) is 1. The van der Waals surface area contributed by atoms with E-state index in [4.69, 9.17) is 15.2 Å². The molecule has 1 fully saturated rings. The van der Waals surface area contributed by atoms with E-state index in [1.807, 2.05) is 0 Å². The monoisotopic (exact) mass is 454 g/mol. The Hall–Kier alpha value is -2.94. The summed E-state index contributed by atoms with van der Waals surface area (Å²) in [5, 5.41) is 19.0. The van der Waals surface area contributed by atoms with Crippen molar-refractivity contribution in [2.45, 2.75) is 50.2 Å². The van der Waals surface area contributed by atoms with Gasteiger partial charge in [0.2, 0.25) is 0 Å². The van der Waals surface area contributed by atoms with Crippen LogP contribution in [-0.2, 0) is 21.7 Å². The predicted octanol–water partition coefficient (Wildman–Crippen LogP) is 3.94. The molecule has 7 nitrogen and oxygen atoms in total. The maximum absolute atomic E-state index is 11.1. The topological polar surface area (TPSA) is 86.6 Å². The molecule has 8 rings (SSSR count). The van der Waals surface area contributed by atoms with Crippen molar-refractivity contribution >= 4 is 43.6 Å². The molecule has 3 aliphatic heterocycles. The number of nitrogens with zero attached hydrogens (tertiary/aromatic N) is 2. The third-order valence-electron chi connectivity index (χ3n) is 8.40. The van der Waals surface area contributed by atoms with Crippen LogP contribution in [0.5, 0.6) is 0 Å². The minimum atomic E-state index is -0.801. The van der Waals surface area contributed by atoms with E-state index in [9.17, 15) is 5.11 Å². The number of para-hydroxylation sites is 2. The van der Waals surface area contributed by atoms with Crippen molar-refractivity contribution in [3.05, 3.63) is 59.7 Å². The van der Waals surface area contributed by atoms with Crippen LogP contribution in [-0.4, -0.2) is 33.5 Å². The van der Waals surface area contributed by atoms with Gasteiger partial charge in [-0.1, -0.05) is 36.4 Å². The third kappa shape index (κ3) is 2.00. The van der Waals surface area contributed by atoms with Gasteiger partial charge in [0, 0.05) is 53.2 Å². The number of fused-ring (bicyclic) bond motifs is 13. The smallest absolute Gasteiger partial charge is 0.173 e. The summed E-state index contributed by atoms with van der Waals surface area (Å²) in [6.07, 6.45) is -0.635. The summed E-state index contributed by atoms with van der Waals surface area (Å²) in [6.45, 7) is 2.73. The molecular weight excluding hydrogens is 428 g/mol. The Balaban J connectivity index is 1.74. The van der Waals surface area contributed by atoms with Gasteiger partial charge in [-0.2, -0.15) is 0 Å². The molecule has 0 aliphatic carbocycles. The van der Waals surface area contributed by atoms with E-state index in [1.54, 1.807) is 7.11 Å². The number of hydrogen-bond acceptors (Lipinski definition) is 5. The first-order valence-electron chi connectivity index (χ1n) is 11.9. The van der Waals surface area contributed by atoms with Crippen molar-refractivity contribution in [1.82, 2.24) is 14.5 Å². The average molecular weight is 455 g/mol. The van der Waals surface area contributed by atoms with Gasteiger partial charge in [0.1, 0.15) is 18.6 Å². The van der Waals surface area contributed by atoms with Gasteiger partial charge in [0.05, 0.1) is 22.1 Å². The van der Waals surface area contributed by atoms with Gasteiger partial charge in [-0.15, -0.1) is 0 Å². The Morgan fingerprint density at radius 2 is 1.76 bits per heavy atom. The second kappa shape index (κ2) is 6.19. The second-order valence-electron chi connectivity index (χ2n) is 10.0. The fourth-order valence-corrected chi connectivity index (χ4v) is 7.25. The molecule has 3 aromatic carbocycles. The Labute approximate surface area is 195 Å². The van der Waals surface area contributed by atoms with E-state index in [1.165, 1.54) is 5.39 Å². The van der Waals surface area contributed by atoms with Crippen LogP contribution in [0.15, 0.2) is 48.5 Å². The number of aromatic nitrogens is 2. The molecule has 5 aromatic rings. The molecule has 0 spiro atoms. The molecule has 172 valence electrons. The highest BCUT2D eigenvalue weighted by Crippen LogP contribution is 2.54. The number of aliphatic hydroxyl groups is 1. The molecule has 2 bridgehead atoms. The normalized spacial score (nSPS) is 30.1. The molecule has 0 amide bonds. The van der Waals surface area contributed by atoms with Crippen LogP contribution in [0.1, 0.15) is 36.9 Å². The van der Waals surface area contributed by atoms with Crippen LogP contribution >= 0.6 is 0 Å². The number of benzene rings is 3. The number of hydrogen-bond donors (Lipinski definition) is 3. The summed E-state index contributed by atoms with van der Waals surface area (Å²) < 4.78 is 17.7. The molecule has 0 radical (unpaired) electrons. The van der Waals surface area contributed by atoms with Crippen molar-refractivity contribution in [3.63, 3.8) is 0 Å². The van der Waals surface area contributed by atoms with Crippen molar-refractivity contribution in [2.75, 3.05) is 7.11 Å². The molecule has 2 aromatic heterocycles. The Morgan fingerprint density at radius 1 is 1.06 bits per heavy atom. The van der Waals surface area contributed by atoms with Gasteiger partial charge in [-0.05, 0) is 24.6 Å². The Morgan fingerprint density at radius 3 is 2.53 bits per heavy atom. The Kier molecular flexibility index (Phi) is 3.53. The zero-order valence-electron chi connectivity index (χ0n) is 19.1. The summed E-state index contributed by atoms with van der Waals surface area (Å²) in [6, 6.07) is 16.7. The highest BCUT2D eigenvalue weighted by Gasteiger charge is 2.52. The van der Waals surface area contributed by atoms with Crippen LogP contribution in [0.4, 0.5) is 0 Å². The van der Waals surface area contributed by atoms with Crippen LogP contribution in [0.3, 0.4) is 0 Å². The summed E-state index contributed by atoms with van der Waals surface area (Å²) in [5.74, 6) is 0. The van der Waals surface area contributed by atoms with E-state index in [2.05, 4.69) is 69.9 Å². The molecule has 7 heteroatoms. The largest absolute Gasteiger partial charge is 0.375 e. The van der Waals surface area contributed by atoms with Gasteiger partial charge >= 0.3 is 0 Å². The number of methoxy groups -OCH3 is 1. The lowest BCUT2D eigenvalue weighted by molar-refractivity contribution is -0.252. The summed E-state index contributed by atoms with van der Waals surface area (Å²) in [4.78, 5) is 0. The van der Waals surface area contributed by atoms with E-state index in [0.29, 0.717) is 13.0 Å². The maximum Gasteiger partial charge on any atom is 0.173 e. The lowest BCUT2D eigenvalue weighted by Gasteiger charge is -2.47. The van der Waals surface area contributed by atoms with Crippen molar-refractivity contribution in [2.24, 2.45) is 5.73 Å². The standard InChI is InChI=1S/C27H26N4O3/c1-27-25(33-2)16(28)11-19(34-27)30-17-9-5-3-7-13(17)21-22-15(12-29-26(22)32)20-14-8-4-6-10-18(14)31(27)24(20)23(21)30/h3-10,16,19,25-26,29,32H,11-12,28H2,1-2H3/t16-,19?,25-,26?,27+/m0/s1. The van der Waals surface area contributed by atoms with Crippen molar-refractivity contribution in [1.29, 1.82) is 0 Å². The van der Waals surface area contributed by atoms with Gasteiger partial charge in [-0.3, -0.25) is 5.32 Å². The van der Waals surface area contributed by atoms with Crippen LogP contribution in [0, 0.1) is 0 Å². The van der Waals surface area contributed by atoms with E-state index in [-0.39, 0.29) is 18.4 Å². The molecule has 5 atom stereocenters. The minimum Gasteiger partial charge on any atom is -0.375 e. The summed E-state index contributed by atoms with van der Waals surface area (Å²) >= 11 is 0. The fourth-order valence-electron chi connectivity index (χ4n) is 7.25. The lowest BCUT2D eigenvalue weighted by Crippen LogP contribution is -2.59. The first kappa shape index (κ1) is 19.4. The molecule has 3 aliphatic rings. The highest BCUT2D eigenvalue weighted by molar-refractivity contribution is 6.25. The van der Waals surface area contributed by atoms with Crippen molar-refractivity contribution < 1.29 is 14.6 Å². The van der Waals surface area contributed by atoms with Gasteiger partial charge in [0.25, 0.3) is 0 Å². The summed E-state index contributed by atoms with van der Waals surface area (Å²) in [5.41, 5.74) is 12.5. The van der Waals surface area contributed by atoms with E-state index in [0.717, 1.165) is 49.4 Å². The minimum absolute atomic E-state index is 0.199. The quantitative estimate of drug-likeness (QED) is 0.357. The van der Waals surface area contributed by atoms with Crippen LogP contribution in [0.25, 0.3) is 43.6 Å². The molecule has 0 saturated carbocycles. The second-order valence-corrected chi connectivity index (χ2v) is 10.0. The summed E-state index contributed by atoms with van der Waals surface area (Å²) in [7, 11) is 1.72. The molecule has 1 saturated heterocycles. The van der Waals surface area contributed by atoms with Crippen molar-refractivity contribution in [3.8, 4) is 0 Å². The SMILES string of the molecule is CO[C@H]1[C@@H](N)CC2O[C@@]1(C)n1c3ccccc3c3c4c(c5c6ccccc6n2c5c31)C(O)NC4. The van der Waals surface area contributed by atoms with Gasteiger partial charge < -0.3 is 29.4 Å². The van der Waals surface area contributed by atoms with Gasteiger partial charge in [-0.25, -0.2) is 0 Å². The van der Waals surface area contributed by atoms with E-state index < -0.39 is 12.0 Å². The third-order valence-corrected chi connectivity index (χ3v) is 8.40. The fraction of sp³-hybridized carbons (Fsp3) is 0.333. The first-order valence-corrected chi connectivity index (χ1v) is 11.9. The molecule has 5 heterocycles. The van der Waals surface area contributed by atoms with Crippen LogP contribution < -0.4 is 11.1 Å². The van der Waals surface area contributed by atoms with E-state index >= 15 is 0 Å². The Bertz CT molecular complexity index is 1680. The molecule has 34 heavy (non-hydrogen) atoms. The highest BCUT2D eigenvalue weighted by atomic mass is 16.6. The first-order chi connectivity index (χ1) is 16.5. The molecular formula is C27H26N4O3. The number of aliphatic hydroxyl groups excluding tert-OH is 1. The number of nitrogens with one attached hydrogen (secondary N) is 1. The zero-order chi connectivity index (χ0) is 22.9. The van der Waals surface area contributed by atoms with Crippen LogP contribution in [0.2, 0.25) is 0 Å². The molecule has 4 N–H and O–H groups in total. The average Bonchev–Trinajstić information content (AvgIpc) is 3.46. The number of ether oxygens (including phenoxy) is 2.